The van der Waals surface area contributed by atoms with Gasteiger partial charge in [0.2, 0.25) is 0 Å². The summed E-state index contributed by atoms with van der Waals surface area (Å²) in [5.41, 5.74) is 12.5. The predicted octanol–water partition coefficient (Wildman–Crippen LogP) is -0.326. The average molecular weight is 244 g/mol. The van der Waals surface area contributed by atoms with Crippen LogP contribution >= 0.6 is 0 Å². The van der Waals surface area contributed by atoms with Gasteiger partial charge in [0.1, 0.15) is 5.25 Å². The van der Waals surface area contributed by atoms with E-state index in [1.807, 2.05) is 0 Å². The van der Waals surface area contributed by atoms with Crippen LogP contribution in [0.25, 0.3) is 0 Å². The minimum atomic E-state index is -3.38. The van der Waals surface area contributed by atoms with E-state index in [-0.39, 0.29) is 0 Å². The minimum absolute atomic E-state index is 0.496. The molecule has 0 saturated heterocycles. The largest absolute Gasteiger partial charge is 0.399 e. The molecule has 0 spiro atoms. The van der Waals surface area contributed by atoms with E-state index in [1.165, 1.54) is 0 Å². The van der Waals surface area contributed by atoms with E-state index in [9.17, 15) is 8.42 Å². The first-order valence-corrected chi connectivity index (χ1v) is 6.72. The Hall–Kier alpha value is -1.11. The topological polar surface area (TPSA) is 106 Å². The lowest BCUT2D eigenvalue weighted by Crippen LogP contribution is -2.36. The second-order valence-corrected chi connectivity index (χ2v) is 6.01. The smallest absolute Gasteiger partial charge is 0.154 e. The Morgan fingerprint density at radius 2 is 1.81 bits per heavy atom. The van der Waals surface area contributed by atoms with Crippen molar-refractivity contribution >= 4 is 15.5 Å². The second-order valence-electron chi connectivity index (χ2n) is 3.74. The quantitative estimate of drug-likeness (QED) is 0.629. The third kappa shape index (κ3) is 2.94. The highest BCUT2D eigenvalue weighted by molar-refractivity contribution is 7.91. The molecule has 0 aliphatic carbocycles. The van der Waals surface area contributed by atoms with Crippen LogP contribution in [-0.2, 0) is 9.84 Å². The van der Waals surface area contributed by atoms with Gasteiger partial charge >= 0.3 is 0 Å². The van der Waals surface area contributed by atoms with E-state index < -0.39 is 27.7 Å². The standard InChI is InChI=1S/C10H16N2O3S/c1-16(14,15)9(6-13)10(12)7-2-4-8(11)5-3-7/h2-5,9-10,13H,6,11-12H2,1H3. The van der Waals surface area contributed by atoms with Gasteiger partial charge in [-0.2, -0.15) is 0 Å². The summed E-state index contributed by atoms with van der Waals surface area (Å²) < 4.78 is 22.8. The lowest BCUT2D eigenvalue weighted by Gasteiger charge is -2.20. The molecule has 0 saturated carbocycles. The highest BCUT2D eigenvalue weighted by Gasteiger charge is 2.27. The van der Waals surface area contributed by atoms with Gasteiger partial charge in [0.15, 0.2) is 9.84 Å². The fraction of sp³-hybridized carbons (Fsp3) is 0.400. The van der Waals surface area contributed by atoms with Crippen molar-refractivity contribution in [3.63, 3.8) is 0 Å². The Kier molecular flexibility index (Phi) is 3.90. The molecule has 0 aliphatic rings. The fourth-order valence-electron chi connectivity index (χ4n) is 1.45. The third-order valence-corrected chi connectivity index (χ3v) is 3.99. The van der Waals surface area contributed by atoms with Crippen LogP contribution in [0, 0.1) is 0 Å². The van der Waals surface area contributed by atoms with Crippen LogP contribution in [0.5, 0.6) is 0 Å². The van der Waals surface area contributed by atoms with E-state index in [0.29, 0.717) is 11.3 Å². The molecule has 5 nitrogen and oxygen atoms in total. The summed E-state index contributed by atoms with van der Waals surface area (Å²) in [6.45, 7) is -0.496. The Morgan fingerprint density at radius 1 is 1.31 bits per heavy atom. The molecule has 0 radical (unpaired) electrons. The molecule has 0 amide bonds. The van der Waals surface area contributed by atoms with Gasteiger partial charge in [-0.25, -0.2) is 8.42 Å². The zero-order valence-electron chi connectivity index (χ0n) is 9.00. The molecule has 0 aliphatic heterocycles. The first-order chi connectivity index (χ1) is 7.36. The molecule has 1 rings (SSSR count). The van der Waals surface area contributed by atoms with Crippen LogP contribution in [0.1, 0.15) is 11.6 Å². The van der Waals surface area contributed by atoms with Gasteiger partial charge in [-0.1, -0.05) is 12.1 Å². The molecule has 16 heavy (non-hydrogen) atoms. The SMILES string of the molecule is CS(=O)(=O)C(CO)C(N)c1ccc(N)cc1. The maximum Gasteiger partial charge on any atom is 0.154 e. The van der Waals surface area contributed by atoms with Crippen molar-refractivity contribution < 1.29 is 13.5 Å². The number of nitrogens with two attached hydrogens (primary N) is 2. The normalized spacial score (nSPS) is 15.7. The van der Waals surface area contributed by atoms with Crippen molar-refractivity contribution in [3.05, 3.63) is 29.8 Å². The number of aliphatic hydroxyl groups is 1. The summed E-state index contributed by atoms with van der Waals surface area (Å²) >= 11 is 0. The Morgan fingerprint density at radius 3 is 2.19 bits per heavy atom. The van der Waals surface area contributed by atoms with E-state index >= 15 is 0 Å². The average Bonchev–Trinajstić information content (AvgIpc) is 2.17. The molecule has 0 heterocycles. The van der Waals surface area contributed by atoms with E-state index in [1.54, 1.807) is 24.3 Å². The molecule has 6 heteroatoms. The summed E-state index contributed by atoms with van der Waals surface area (Å²) in [6, 6.07) is 5.86. The maximum atomic E-state index is 11.4. The minimum Gasteiger partial charge on any atom is -0.399 e. The number of hydrogen-bond acceptors (Lipinski definition) is 5. The molecular formula is C10H16N2O3S. The van der Waals surface area contributed by atoms with E-state index in [2.05, 4.69) is 0 Å². The van der Waals surface area contributed by atoms with Crippen LogP contribution < -0.4 is 11.5 Å². The summed E-state index contributed by atoms with van der Waals surface area (Å²) in [6.07, 6.45) is 1.06. The Balaban J connectivity index is 3.00. The van der Waals surface area contributed by atoms with Crippen molar-refractivity contribution in [1.29, 1.82) is 0 Å². The van der Waals surface area contributed by atoms with Crippen LogP contribution in [0.4, 0.5) is 5.69 Å². The van der Waals surface area contributed by atoms with Gasteiger partial charge in [-0.3, -0.25) is 0 Å². The van der Waals surface area contributed by atoms with Crippen molar-refractivity contribution in [2.24, 2.45) is 5.73 Å². The van der Waals surface area contributed by atoms with Gasteiger partial charge in [0.05, 0.1) is 6.61 Å². The van der Waals surface area contributed by atoms with Crippen LogP contribution in [0.2, 0.25) is 0 Å². The van der Waals surface area contributed by atoms with Crippen molar-refractivity contribution in [2.45, 2.75) is 11.3 Å². The molecule has 2 atom stereocenters. The van der Waals surface area contributed by atoms with Crippen LogP contribution in [-0.4, -0.2) is 31.6 Å². The lowest BCUT2D eigenvalue weighted by molar-refractivity contribution is 0.278. The summed E-state index contributed by atoms with van der Waals surface area (Å²) in [5.74, 6) is 0. The zero-order valence-corrected chi connectivity index (χ0v) is 9.81. The molecule has 2 unspecified atom stereocenters. The van der Waals surface area contributed by atoms with Crippen molar-refractivity contribution in [1.82, 2.24) is 0 Å². The van der Waals surface area contributed by atoms with E-state index in [4.69, 9.17) is 16.6 Å². The summed E-state index contributed by atoms with van der Waals surface area (Å²) in [7, 11) is -3.38. The Labute approximate surface area is 95.0 Å². The van der Waals surface area contributed by atoms with Gasteiger partial charge < -0.3 is 16.6 Å². The number of nitrogen functional groups attached to an aromatic ring is 1. The van der Waals surface area contributed by atoms with Gasteiger partial charge in [-0.15, -0.1) is 0 Å². The maximum absolute atomic E-state index is 11.4. The number of hydrogen-bond donors (Lipinski definition) is 3. The first-order valence-electron chi connectivity index (χ1n) is 4.77. The fourth-order valence-corrected chi connectivity index (χ4v) is 2.41. The molecule has 0 bridgehead atoms. The molecular weight excluding hydrogens is 228 g/mol. The first kappa shape index (κ1) is 13.0. The lowest BCUT2D eigenvalue weighted by atomic mass is 10.0. The molecule has 5 N–H and O–H groups in total. The highest BCUT2D eigenvalue weighted by Crippen LogP contribution is 2.20. The molecule has 0 fully saturated rings. The predicted molar refractivity (Wildman–Crippen MR) is 63.5 cm³/mol. The number of aliphatic hydroxyl groups excluding tert-OH is 1. The number of anilines is 1. The number of sulfone groups is 1. The van der Waals surface area contributed by atoms with Crippen molar-refractivity contribution in [3.8, 4) is 0 Å². The second kappa shape index (κ2) is 4.82. The molecule has 0 aromatic heterocycles. The monoisotopic (exact) mass is 244 g/mol. The summed E-state index contributed by atoms with van der Waals surface area (Å²) in [5, 5.41) is 8.07. The van der Waals surface area contributed by atoms with Crippen LogP contribution in [0.3, 0.4) is 0 Å². The summed E-state index contributed by atoms with van der Waals surface area (Å²) in [4.78, 5) is 0. The number of benzene rings is 1. The van der Waals surface area contributed by atoms with Gasteiger partial charge in [-0.05, 0) is 17.7 Å². The Bertz CT molecular complexity index is 442. The van der Waals surface area contributed by atoms with Crippen LogP contribution in [0.15, 0.2) is 24.3 Å². The molecule has 1 aromatic rings. The van der Waals surface area contributed by atoms with E-state index in [0.717, 1.165) is 6.26 Å². The molecule has 1 aromatic carbocycles. The zero-order chi connectivity index (χ0) is 12.3. The molecule has 90 valence electrons. The number of rotatable bonds is 4. The van der Waals surface area contributed by atoms with Gasteiger partial charge in [0, 0.05) is 18.0 Å². The van der Waals surface area contributed by atoms with Gasteiger partial charge in [0.25, 0.3) is 0 Å². The van der Waals surface area contributed by atoms with Crippen molar-refractivity contribution in [2.75, 3.05) is 18.6 Å². The third-order valence-electron chi connectivity index (χ3n) is 2.45. The highest BCUT2D eigenvalue weighted by atomic mass is 32.2.